The fourth-order valence-corrected chi connectivity index (χ4v) is 3.16. The van der Waals surface area contributed by atoms with Crippen molar-refractivity contribution < 1.29 is 14.3 Å². The first-order valence-corrected chi connectivity index (χ1v) is 10.1. The van der Waals surface area contributed by atoms with Gasteiger partial charge in [-0.3, -0.25) is 9.59 Å². The van der Waals surface area contributed by atoms with Gasteiger partial charge in [0.1, 0.15) is 11.4 Å². The van der Waals surface area contributed by atoms with E-state index >= 15 is 0 Å². The molecule has 0 unspecified atom stereocenters. The summed E-state index contributed by atoms with van der Waals surface area (Å²) >= 11 is 3.37. The molecule has 6 heteroatoms. The van der Waals surface area contributed by atoms with E-state index < -0.39 is 5.91 Å². The van der Waals surface area contributed by atoms with Crippen molar-refractivity contribution in [1.29, 1.82) is 0 Å². The zero-order valence-corrected chi connectivity index (χ0v) is 18.2. The minimum atomic E-state index is -0.421. The average Bonchev–Trinajstić information content (AvgIpc) is 2.75. The van der Waals surface area contributed by atoms with E-state index in [1.807, 2.05) is 49.4 Å². The lowest BCUT2D eigenvalue weighted by molar-refractivity contribution is -0.113. The molecule has 0 saturated heterocycles. The van der Waals surface area contributed by atoms with Gasteiger partial charge in [-0.2, -0.15) is 0 Å². The third-order valence-corrected chi connectivity index (χ3v) is 5.04. The van der Waals surface area contributed by atoms with Gasteiger partial charge in [-0.1, -0.05) is 42.0 Å². The van der Waals surface area contributed by atoms with Crippen LogP contribution >= 0.6 is 15.9 Å². The molecule has 3 aromatic carbocycles. The van der Waals surface area contributed by atoms with Gasteiger partial charge in [-0.05, 0) is 70.9 Å². The highest BCUT2D eigenvalue weighted by Gasteiger charge is 2.16. The minimum absolute atomic E-state index is 0.126. The summed E-state index contributed by atoms with van der Waals surface area (Å²) in [6, 6.07) is 21.7. The van der Waals surface area contributed by atoms with E-state index in [1.165, 1.54) is 0 Å². The van der Waals surface area contributed by atoms with E-state index in [0.717, 1.165) is 11.1 Å². The third kappa shape index (κ3) is 5.58. The topological polar surface area (TPSA) is 67.4 Å². The monoisotopic (exact) mass is 464 g/mol. The number of carbonyl (C=O) groups excluding carboxylic acids is 2. The summed E-state index contributed by atoms with van der Waals surface area (Å²) in [5.74, 6) is -0.105. The molecule has 152 valence electrons. The second-order valence-electron chi connectivity index (χ2n) is 6.59. The summed E-state index contributed by atoms with van der Waals surface area (Å²) in [7, 11) is 1.59. The second-order valence-corrected chi connectivity index (χ2v) is 7.44. The van der Waals surface area contributed by atoms with Crippen LogP contribution in [0.25, 0.3) is 6.08 Å². The van der Waals surface area contributed by atoms with Gasteiger partial charge in [0.25, 0.3) is 11.8 Å². The average molecular weight is 465 g/mol. The smallest absolute Gasteiger partial charge is 0.272 e. The number of nitrogens with one attached hydrogen (secondary N) is 2. The first-order chi connectivity index (χ1) is 14.5. The number of anilines is 1. The van der Waals surface area contributed by atoms with Crippen LogP contribution in [-0.2, 0) is 4.79 Å². The molecule has 0 bridgehead atoms. The SMILES string of the molecule is COc1ccc(/C=C(\NC(=O)c2ccccc2Br)C(=O)Nc2ccc(C)cc2)cc1. The van der Waals surface area contributed by atoms with Crippen molar-refractivity contribution in [1.82, 2.24) is 5.32 Å². The molecule has 0 saturated carbocycles. The van der Waals surface area contributed by atoms with Crippen molar-refractivity contribution in [3.63, 3.8) is 0 Å². The number of methoxy groups -OCH3 is 1. The van der Waals surface area contributed by atoms with E-state index in [2.05, 4.69) is 26.6 Å². The van der Waals surface area contributed by atoms with Gasteiger partial charge in [-0.25, -0.2) is 0 Å². The number of halogens is 1. The standard InChI is InChI=1S/C24H21BrN2O3/c1-16-7-11-18(12-8-16)26-24(29)22(15-17-9-13-19(30-2)14-10-17)27-23(28)20-5-3-4-6-21(20)25/h3-15H,1-2H3,(H,26,29)(H,27,28)/b22-15-. The Bertz CT molecular complexity index is 1070. The number of rotatable bonds is 6. The predicted octanol–water partition coefficient (Wildman–Crippen LogP) is 5.18. The summed E-state index contributed by atoms with van der Waals surface area (Å²) in [6.45, 7) is 1.97. The number of carbonyl (C=O) groups is 2. The maximum absolute atomic E-state index is 12.9. The highest BCUT2D eigenvalue weighted by Crippen LogP contribution is 2.18. The van der Waals surface area contributed by atoms with Crippen molar-refractivity contribution >= 4 is 39.5 Å². The second kappa shape index (κ2) is 9.89. The van der Waals surface area contributed by atoms with Crippen LogP contribution < -0.4 is 15.4 Å². The van der Waals surface area contributed by atoms with Crippen LogP contribution in [0.4, 0.5) is 5.69 Å². The Morgan fingerprint density at radius 3 is 2.23 bits per heavy atom. The lowest BCUT2D eigenvalue weighted by Crippen LogP contribution is -2.31. The van der Waals surface area contributed by atoms with Gasteiger partial charge in [-0.15, -0.1) is 0 Å². The molecule has 2 amide bonds. The van der Waals surface area contributed by atoms with Crippen molar-refractivity contribution in [3.8, 4) is 5.75 Å². The zero-order valence-electron chi connectivity index (χ0n) is 16.6. The zero-order chi connectivity index (χ0) is 21.5. The Morgan fingerprint density at radius 2 is 1.60 bits per heavy atom. The van der Waals surface area contributed by atoms with Crippen LogP contribution in [0.5, 0.6) is 5.75 Å². The minimum Gasteiger partial charge on any atom is -0.497 e. The molecule has 0 fully saturated rings. The van der Waals surface area contributed by atoms with E-state index in [0.29, 0.717) is 21.5 Å². The van der Waals surface area contributed by atoms with Crippen molar-refractivity contribution in [2.24, 2.45) is 0 Å². The normalized spacial score (nSPS) is 11.0. The molecule has 0 aromatic heterocycles. The predicted molar refractivity (Wildman–Crippen MR) is 122 cm³/mol. The van der Waals surface area contributed by atoms with Crippen molar-refractivity contribution in [2.45, 2.75) is 6.92 Å². The molecule has 0 radical (unpaired) electrons. The summed E-state index contributed by atoms with van der Waals surface area (Å²) in [5.41, 5.74) is 3.03. The van der Waals surface area contributed by atoms with Gasteiger partial charge in [0.15, 0.2) is 0 Å². The first kappa shape index (κ1) is 21.3. The summed E-state index contributed by atoms with van der Waals surface area (Å²) in [5, 5.41) is 5.56. The Hall–Kier alpha value is -3.38. The first-order valence-electron chi connectivity index (χ1n) is 9.26. The fourth-order valence-electron chi connectivity index (χ4n) is 2.70. The number of hydrogen-bond acceptors (Lipinski definition) is 3. The summed E-state index contributed by atoms with van der Waals surface area (Å²) < 4.78 is 5.81. The number of benzene rings is 3. The Kier molecular flexibility index (Phi) is 7.03. The highest BCUT2D eigenvalue weighted by molar-refractivity contribution is 9.10. The molecule has 0 heterocycles. The lowest BCUT2D eigenvalue weighted by atomic mass is 10.1. The molecule has 30 heavy (non-hydrogen) atoms. The Labute approximate surface area is 183 Å². The van der Waals surface area contributed by atoms with Gasteiger partial charge in [0.05, 0.1) is 12.7 Å². The Balaban J connectivity index is 1.89. The number of aryl methyl sites for hydroxylation is 1. The molecular formula is C24H21BrN2O3. The van der Waals surface area contributed by atoms with Crippen LogP contribution in [0, 0.1) is 6.92 Å². The van der Waals surface area contributed by atoms with E-state index in [4.69, 9.17) is 4.74 Å². The molecule has 5 nitrogen and oxygen atoms in total. The molecule has 3 aromatic rings. The van der Waals surface area contributed by atoms with Crippen LogP contribution in [0.1, 0.15) is 21.5 Å². The number of amides is 2. The van der Waals surface area contributed by atoms with Gasteiger partial charge >= 0.3 is 0 Å². The van der Waals surface area contributed by atoms with E-state index in [9.17, 15) is 9.59 Å². The fraction of sp³-hybridized carbons (Fsp3) is 0.0833. The van der Waals surface area contributed by atoms with E-state index in [-0.39, 0.29) is 11.6 Å². The maximum Gasteiger partial charge on any atom is 0.272 e. The molecular weight excluding hydrogens is 444 g/mol. The summed E-state index contributed by atoms with van der Waals surface area (Å²) in [4.78, 5) is 25.7. The van der Waals surface area contributed by atoms with Crippen LogP contribution in [0.2, 0.25) is 0 Å². The van der Waals surface area contributed by atoms with E-state index in [1.54, 1.807) is 43.5 Å². The van der Waals surface area contributed by atoms with Crippen LogP contribution in [0.3, 0.4) is 0 Å². The molecule has 0 aliphatic rings. The molecule has 2 N–H and O–H groups in total. The molecule has 0 spiro atoms. The molecule has 0 aliphatic carbocycles. The van der Waals surface area contributed by atoms with Gasteiger partial charge < -0.3 is 15.4 Å². The molecule has 0 aliphatic heterocycles. The van der Waals surface area contributed by atoms with Crippen molar-refractivity contribution in [2.75, 3.05) is 12.4 Å². The number of hydrogen-bond donors (Lipinski definition) is 2. The molecule has 0 atom stereocenters. The highest BCUT2D eigenvalue weighted by atomic mass is 79.9. The lowest BCUT2D eigenvalue weighted by Gasteiger charge is -2.12. The van der Waals surface area contributed by atoms with Gasteiger partial charge in [0, 0.05) is 10.2 Å². The van der Waals surface area contributed by atoms with Gasteiger partial charge in [0.2, 0.25) is 0 Å². The van der Waals surface area contributed by atoms with Crippen LogP contribution in [-0.4, -0.2) is 18.9 Å². The third-order valence-electron chi connectivity index (χ3n) is 4.35. The van der Waals surface area contributed by atoms with Crippen molar-refractivity contribution in [3.05, 3.63) is 99.7 Å². The largest absolute Gasteiger partial charge is 0.497 e. The Morgan fingerprint density at radius 1 is 0.933 bits per heavy atom. The van der Waals surface area contributed by atoms with Crippen LogP contribution in [0.15, 0.2) is 83.0 Å². The summed E-state index contributed by atoms with van der Waals surface area (Å²) in [6.07, 6.45) is 1.62. The molecule has 3 rings (SSSR count). The maximum atomic E-state index is 12.9. The quantitative estimate of drug-likeness (QED) is 0.494. The number of ether oxygens (including phenoxy) is 1.